The van der Waals surface area contributed by atoms with Gasteiger partial charge in [0.1, 0.15) is 5.84 Å². The van der Waals surface area contributed by atoms with Crippen molar-refractivity contribution in [3.05, 3.63) is 28.7 Å². The Bertz CT molecular complexity index is 585. The van der Waals surface area contributed by atoms with Crippen molar-refractivity contribution in [2.45, 2.75) is 18.7 Å². The molecule has 0 bridgehead atoms. The monoisotopic (exact) mass is 349 g/mol. The van der Waals surface area contributed by atoms with Crippen molar-refractivity contribution in [2.75, 3.05) is 6.54 Å². The fraction of sp³-hybridized carbons (Fsp3) is 0.364. The van der Waals surface area contributed by atoms with Gasteiger partial charge >= 0.3 is 0 Å². The molecule has 1 aromatic rings. The highest BCUT2D eigenvalue weighted by Gasteiger charge is 2.26. The van der Waals surface area contributed by atoms with Gasteiger partial charge in [0.05, 0.1) is 4.90 Å². The number of hydrogen-bond donors (Lipinski definition) is 3. The normalized spacial score (nSPS) is 13.5. The van der Waals surface area contributed by atoms with Gasteiger partial charge in [-0.3, -0.25) is 0 Å². The lowest BCUT2D eigenvalue weighted by Crippen LogP contribution is -2.42. The molecule has 0 unspecified atom stereocenters. The summed E-state index contributed by atoms with van der Waals surface area (Å²) in [6, 6.07) is 6.36. The number of hydrogen-bond acceptors (Lipinski definition) is 4. The van der Waals surface area contributed by atoms with Gasteiger partial charge in [0.2, 0.25) is 10.0 Å². The third kappa shape index (κ3) is 4.19. The average molecular weight is 350 g/mol. The summed E-state index contributed by atoms with van der Waals surface area (Å²) in [5.41, 5.74) is 4.72. The molecule has 106 valence electrons. The molecule has 0 aliphatic heterocycles. The first-order valence-corrected chi connectivity index (χ1v) is 7.70. The van der Waals surface area contributed by atoms with Crippen molar-refractivity contribution >= 4 is 31.8 Å². The lowest BCUT2D eigenvalue weighted by molar-refractivity contribution is 0.307. The van der Waals surface area contributed by atoms with Crippen LogP contribution < -0.4 is 10.5 Å². The van der Waals surface area contributed by atoms with Crippen LogP contribution in [-0.2, 0) is 10.0 Å². The van der Waals surface area contributed by atoms with Gasteiger partial charge in [-0.2, -0.15) is 0 Å². The predicted molar refractivity (Wildman–Crippen MR) is 76.5 cm³/mol. The third-order valence-corrected chi connectivity index (χ3v) is 4.50. The predicted octanol–water partition coefficient (Wildman–Crippen LogP) is 1.50. The van der Waals surface area contributed by atoms with Gasteiger partial charge in [-0.1, -0.05) is 41.0 Å². The molecule has 0 aromatic heterocycles. The molecule has 1 aromatic carbocycles. The first kappa shape index (κ1) is 15.9. The molecule has 8 heteroatoms. The van der Waals surface area contributed by atoms with Crippen LogP contribution in [0.2, 0.25) is 0 Å². The van der Waals surface area contributed by atoms with E-state index < -0.39 is 15.4 Å². The minimum absolute atomic E-state index is 0.0255. The Balaban J connectivity index is 2.88. The highest BCUT2D eigenvalue weighted by atomic mass is 79.9. The summed E-state index contributed by atoms with van der Waals surface area (Å²) in [6.45, 7) is 3.37. The molecule has 0 saturated heterocycles. The number of nitrogens with one attached hydrogen (secondary N) is 1. The van der Waals surface area contributed by atoms with Crippen LogP contribution in [0.4, 0.5) is 0 Å². The van der Waals surface area contributed by atoms with Crippen molar-refractivity contribution in [1.82, 2.24) is 4.72 Å². The lowest BCUT2D eigenvalue weighted by atomic mass is 9.93. The summed E-state index contributed by atoms with van der Waals surface area (Å²) < 4.78 is 27.2. The molecule has 0 heterocycles. The third-order valence-electron chi connectivity index (χ3n) is 2.61. The van der Waals surface area contributed by atoms with Crippen molar-refractivity contribution in [1.29, 1.82) is 0 Å². The topological polar surface area (TPSA) is 105 Å². The molecule has 0 saturated carbocycles. The zero-order valence-electron chi connectivity index (χ0n) is 10.6. The van der Waals surface area contributed by atoms with Crippen molar-refractivity contribution < 1.29 is 13.6 Å². The number of nitrogens with two attached hydrogens (primary N) is 1. The number of amidine groups is 1. The summed E-state index contributed by atoms with van der Waals surface area (Å²) in [4.78, 5) is 0.150. The van der Waals surface area contributed by atoms with Gasteiger partial charge < -0.3 is 10.9 Å². The van der Waals surface area contributed by atoms with Crippen molar-refractivity contribution in [2.24, 2.45) is 16.3 Å². The van der Waals surface area contributed by atoms with Crippen LogP contribution in [0.5, 0.6) is 0 Å². The Hall–Kier alpha value is -1.12. The van der Waals surface area contributed by atoms with Crippen LogP contribution in [0.15, 0.2) is 38.8 Å². The zero-order chi connectivity index (χ0) is 14.7. The van der Waals surface area contributed by atoms with Gasteiger partial charge in [0, 0.05) is 16.4 Å². The fourth-order valence-electron chi connectivity index (χ4n) is 1.22. The first-order chi connectivity index (χ1) is 8.69. The lowest BCUT2D eigenvalue weighted by Gasteiger charge is -2.23. The van der Waals surface area contributed by atoms with E-state index in [0.717, 1.165) is 0 Å². The molecule has 0 radical (unpaired) electrons. The summed E-state index contributed by atoms with van der Waals surface area (Å²) in [7, 11) is -3.63. The minimum atomic E-state index is -3.63. The molecule has 4 N–H and O–H groups in total. The fourth-order valence-corrected chi connectivity index (χ4v) is 3.03. The Morgan fingerprint density at radius 3 is 2.68 bits per heavy atom. The van der Waals surface area contributed by atoms with Crippen molar-refractivity contribution in [3.8, 4) is 0 Å². The smallest absolute Gasteiger partial charge is 0.240 e. The van der Waals surface area contributed by atoms with E-state index in [-0.39, 0.29) is 17.3 Å². The zero-order valence-corrected chi connectivity index (χ0v) is 13.0. The maximum Gasteiger partial charge on any atom is 0.240 e. The Kier molecular flexibility index (Phi) is 4.94. The van der Waals surface area contributed by atoms with E-state index in [1.54, 1.807) is 26.0 Å². The maximum absolute atomic E-state index is 12.1. The van der Waals surface area contributed by atoms with Gasteiger partial charge in [-0.05, 0) is 18.2 Å². The standard InChI is InChI=1S/C11H16BrN3O3S/c1-11(2,10(13)15-16)7-14-19(17,18)9-5-3-4-8(12)6-9/h3-6,14,16H,7H2,1-2H3,(H2,13,15). The summed E-state index contributed by atoms with van der Waals surface area (Å²) in [5.74, 6) is -0.0376. The van der Waals surface area contributed by atoms with Gasteiger partial charge in [0.15, 0.2) is 0 Å². The Morgan fingerprint density at radius 1 is 1.53 bits per heavy atom. The van der Waals surface area contributed by atoms with Crippen molar-refractivity contribution in [3.63, 3.8) is 0 Å². The number of oxime groups is 1. The molecular weight excluding hydrogens is 334 g/mol. The van der Waals surface area contributed by atoms with Crippen LogP contribution in [-0.4, -0.2) is 26.0 Å². The van der Waals surface area contributed by atoms with Crippen LogP contribution in [0.3, 0.4) is 0 Å². The number of halogens is 1. The molecule has 0 aliphatic rings. The molecule has 19 heavy (non-hydrogen) atoms. The van der Waals surface area contributed by atoms with E-state index in [2.05, 4.69) is 25.8 Å². The second-order valence-electron chi connectivity index (χ2n) is 4.65. The minimum Gasteiger partial charge on any atom is -0.409 e. The largest absolute Gasteiger partial charge is 0.409 e. The summed E-state index contributed by atoms with van der Waals surface area (Å²) in [5, 5.41) is 11.5. The number of rotatable bonds is 5. The van der Waals surface area contributed by atoms with Gasteiger partial charge in [0.25, 0.3) is 0 Å². The van der Waals surface area contributed by atoms with Gasteiger partial charge in [-0.25, -0.2) is 13.1 Å². The van der Waals surface area contributed by atoms with Gasteiger partial charge in [-0.15, -0.1) is 0 Å². The number of benzene rings is 1. The Labute approximate surface area is 120 Å². The van der Waals surface area contributed by atoms with Crippen LogP contribution in [0, 0.1) is 5.41 Å². The molecular formula is C11H16BrN3O3S. The van der Waals surface area contributed by atoms with E-state index >= 15 is 0 Å². The molecule has 0 amide bonds. The SMILES string of the molecule is CC(C)(CNS(=O)(=O)c1cccc(Br)c1)/C(N)=N/O. The van der Waals surface area contributed by atoms with Crippen LogP contribution in [0.1, 0.15) is 13.8 Å². The molecule has 0 aliphatic carbocycles. The highest BCUT2D eigenvalue weighted by Crippen LogP contribution is 2.18. The summed E-state index contributed by atoms with van der Waals surface area (Å²) in [6.07, 6.45) is 0. The van der Waals surface area contributed by atoms with E-state index in [9.17, 15) is 8.42 Å². The second kappa shape index (κ2) is 5.89. The highest BCUT2D eigenvalue weighted by molar-refractivity contribution is 9.10. The average Bonchev–Trinajstić information content (AvgIpc) is 2.35. The molecule has 6 nitrogen and oxygen atoms in total. The molecule has 0 fully saturated rings. The van der Waals surface area contributed by atoms with E-state index in [0.29, 0.717) is 4.47 Å². The van der Waals surface area contributed by atoms with E-state index in [1.165, 1.54) is 12.1 Å². The second-order valence-corrected chi connectivity index (χ2v) is 7.33. The Morgan fingerprint density at radius 2 is 2.16 bits per heavy atom. The maximum atomic E-state index is 12.1. The molecule has 0 atom stereocenters. The first-order valence-electron chi connectivity index (χ1n) is 5.42. The van der Waals surface area contributed by atoms with Crippen LogP contribution >= 0.6 is 15.9 Å². The summed E-state index contributed by atoms with van der Waals surface area (Å²) >= 11 is 3.22. The van der Waals surface area contributed by atoms with E-state index in [1.807, 2.05) is 0 Å². The van der Waals surface area contributed by atoms with E-state index in [4.69, 9.17) is 10.9 Å². The number of nitrogens with zero attached hydrogens (tertiary/aromatic N) is 1. The molecule has 1 rings (SSSR count). The molecule has 0 spiro atoms. The number of sulfonamides is 1. The van der Waals surface area contributed by atoms with Crippen LogP contribution in [0.25, 0.3) is 0 Å². The quantitative estimate of drug-likeness (QED) is 0.324.